The molecule has 33 heavy (non-hydrogen) atoms. The maximum absolute atomic E-state index is 12.8. The summed E-state index contributed by atoms with van der Waals surface area (Å²) in [6, 6.07) is -3.30. The van der Waals surface area contributed by atoms with Crippen LogP contribution in [0.1, 0.15) is 72.1 Å². The molecule has 0 saturated heterocycles. The Morgan fingerprint density at radius 3 is 1.52 bits per heavy atom. The lowest BCUT2D eigenvalue weighted by atomic mass is 10.1. The first-order valence-electron chi connectivity index (χ1n) is 11.1. The molecule has 0 saturated carbocycles. The Balaban J connectivity index is 5.34. The number of carboxylic acids is 2. The van der Waals surface area contributed by atoms with E-state index in [2.05, 4.69) is 21.3 Å². The second-order valence-electron chi connectivity index (χ2n) is 7.67. The molecule has 0 heterocycles. The van der Waals surface area contributed by atoms with Crippen LogP contribution in [0.4, 0.5) is 0 Å². The normalized spacial score (nSPS) is 13.2. The number of nitrogens with one attached hydrogen (secondary N) is 4. The van der Waals surface area contributed by atoms with E-state index >= 15 is 0 Å². The number of rotatable bonds is 17. The van der Waals surface area contributed by atoms with E-state index in [0.29, 0.717) is 13.0 Å². The molecule has 0 bridgehead atoms. The van der Waals surface area contributed by atoms with Crippen LogP contribution in [0, 0.1) is 0 Å². The molecule has 0 aliphatic rings. The Morgan fingerprint density at radius 1 is 0.667 bits per heavy atom. The lowest BCUT2D eigenvalue weighted by Crippen LogP contribution is -2.56. The minimum absolute atomic E-state index is 0.126. The maximum atomic E-state index is 12.8. The molecule has 0 spiro atoms. The quantitative estimate of drug-likeness (QED) is 0.158. The predicted molar refractivity (Wildman–Crippen MR) is 118 cm³/mol. The van der Waals surface area contributed by atoms with Gasteiger partial charge in [-0.25, -0.2) is 0 Å². The monoisotopic (exact) mass is 472 g/mol. The van der Waals surface area contributed by atoms with Gasteiger partial charge in [0.2, 0.25) is 23.6 Å². The smallest absolute Gasteiger partial charge is 0.303 e. The number of unbranched alkanes of at least 4 members (excludes halogenated alkanes) is 1. The number of hydrogen-bond acceptors (Lipinski definition) is 6. The van der Waals surface area contributed by atoms with Gasteiger partial charge in [0.25, 0.3) is 0 Å². The van der Waals surface area contributed by atoms with Crippen LogP contribution >= 0.6 is 0 Å². The molecule has 4 amide bonds. The van der Waals surface area contributed by atoms with Gasteiger partial charge in [0.05, 0.1) is 0 Å². The maximum Gasteiger partial charge on any atom is 0.303 e. The summed E-state index contributed by atoms with van der Waals surface area (Å²) in [5.41, 5.74) is 0. The van der Waals surface area contributed by atoms with Crippen LogP contribution in [0.5, 0.6) is 0 Å². The van der Waals surface area contributed by atoms with Gasteiger partial charge in [-0.1, -0.05) is 26.7 Å². The summed E-state index contributed by atoms with van der Waals surface area (Å²) in [6.07, 6.45) is 1.29. The number of carboxylic acid groups (broad SMARTS) is 2. The summed E-state index contributed by atoms with van der Waals surface area (Å²) in [6.45, 7) is 5.29. The first kappa shape index (κ1) is 29.8. The molecule has 188 valence electrons. The molecule has 0 aromatic carbocycles. The highest BCUT2D eigenvalue weighted by Gasteiger charge is 2.29. The number of hydrogen-bond donors (Lipinski definition) is 6. The third kappa shape index (κ3) is 13.8. The first-order valence-corrected chi connectivity index (χ1v) is 11.1. The minimum atomic E-state index is -1.15. The van der Waals surface area contributed by atoms with Crippen molar-refractivity contribution in [1.29, 1.82) is 0 Å². The predicted octanol–water partition coefficient (Wildman–Crippen LogP) is -0.0933. The number of carbonyl (C=O) groups is 6. The summed E-state index contributed by atoms with van der Waals surface area (Å²) in [7, 11) is 0. The van der Waals surface area contributed by atoms with Crippen molar-refractivity contribution >= 4 is 35.6 Å². The molecule has 12 nitrogen and oxygen atoms in total. The Morgan fingerprint density at radius 2 is 1.12 bits per heavy atom. The van der Waals surface area contributed by atoms with Gasteiger partial charge in [-0.05, 0) is 25.7 Å². The van der Waals surface area contributed by atoms with Crippen molar-refractivity contribution in [3.63, 3.8) is 0 Å². The molecule has 0 unspecified atom stereocenters. The van der Waals surface area contributed by atoms with Gasteiger partial charge in [-0.2, -0.15) is 0 Å². The van der Waals surface area contributed by atoms with Gasteiger partial charge in [-0.15, -0.1) is 0 Å². The van der Waals surface area contributed by atoms with Gasteiger partial charge in [0.15, 0.2) is 0 Å². The van der Waals surface area contributed by atoms with Gasteiger partial charge >= 0.3 is 11.9 Å². The molecule has 0 aliphatic heterocycles. The molecular formula is C21H36N4O8. The molecule has 0 aromatic heterocycles. The lowest BCUT2D eigenvalue weighted by Gasteiger charge is -2.25. The largest absolute Gasteiger partial charge is 0.481 e. The fourth-order valence-electron chi connectivity index (χ4n) is 2.93. The molecule has 3 atom stereocenters. The molecule has 0 fully saturated rings. The SMILES string of the molecule is CCCCNC(=O)[C@H](CCC(=O)O)NC(=O)[C@H](CCC)NC(=O)[C@H](CCC(=O)O)NC(C)=O. The van der Waals surface area contributed by atoms with Crippen LogP contribution in [-0.4, -0.2) is 70.5 Å². The zero-order valence-electron chi connectivity index (χ0n) is 19.4. The van der Waals surface area contributed by atoms with Crippen LogP contribution in [0.2, 0.25) is 0 Å². The summed E-state index contributed by atoms with van der Waals surface area (Å²) in [4.78, 5) is 71.1. The van der Waals surface area contributed by atoms with Crippen LogP contribution in [0.15, 0.2) is 0 Å². The Bertz CT molecular complexity index is 698. The highest BCUT2D eigenvalue weighted by atomic mass is 16.4. The molecule has 0 aliphatic carbocycles. The third-order valence-corrected chi connectivity index (χ3v) is 4.66. The molecule has 12 heteroatoms. The summed E-state index contributed by atoms with van der Waals surface area (Å²) in [5.74, 6) is -4.71. The number of amides is 4. The van der Waals surface area contributed by atoms with Crippen molar-refractivity contribution in [1.82, 2.24) is 21.3 Å². The number of aliphatic carboxylic acids is 2. The summed E-state index contributed by atoms with van der Waals surface area (Å²) < 4.78 is 0. The molecule has 0 rings (SSSR count). The van der Waals surface area contributed by atoms with Crippen LogP contribution in [0.25, 0.3) is 0 Å². The van der Waals surface area contributed by atoms with E-state index in [0.717, 1.165) is 12.8 Å². The second-order valence-corrected chi connectivity index (χ2v) is 7.67. The average Bonchev–Trinajstić information content (AvgIpc) is 2.72. The van der Waals surface area contributed by atoms with Crippen molar-refractivity contribution in [2.24, 2.45) is 0 Å². The standard InChI is InChI=1S/C21H36N4O8/c1-4-6-12-22-19(31)15(8-10-17(27)28)25-20(32)14(7-5-2)24-21(33)16(23-13(3)26)9-11-18(29)30/h14-16H,4-12H2,1-3H3,(H,22,31)(H,23,26)(H,24,33)(H,25,32)(H,27,28)(H,29,30)/t14-,15-,16-/m0/s1. The van der Waals surface area contributed by atoms with E-state index in [4.69, 9.17) is 10.2 Å². The van der Waals surface area contributed by atoms with E-state index in [1.54, 1.807) is 6.92 Å². The number of carbonyl (C=O) groups excluding carboxylic acids is 4. The molecule has 6 N–H and O–H groups in total. The zero-order chi connectivity index (χ0) is 25.4. The molecular weight excluding hydrogens is 436 g/mol. The van der Waals surface area contributed by atoms with E-state index in [9.17, 15) is 28.8 Å². The van der Waals surface area contributed by atoms with Gasteiger partial charge in [-0.3, -0.25) is 28.8 Å². The summed E-state index contributed by atoms with van der Waals surface area (Å²) in [5, 5.41) is 27.8. The Kier molecular flexibility index (Phi) is 14.9. The fourth-order valence-corrected chi connectivity index (χ4v) is 2.93. The highest BCUT2D eigenvalue weighted by molar-refractivity contribution is 5.94. The Labute approximate surface area is 193 Å². The zero-order valence-corrected chi connectivity index (χ0v) is 19.4. The van der Waals surface area contributed by atoms with Crippen LogP contribution in [-0.2, 0) is 28.8 Å². The van der Waals surface area contributed by atoms with Crippen molar-refractivity contribution in [3.05, 3.63) is 0 Å². The van der Waals surface area contributed by atoms with Crippen molar-refractivity contribution < 1.29 is 39.0 Å². The van der Waals surface area contributed by atoms with Crippen LogP contribution in [0.3, 0.4) is 0 Å². The van der Waals surface area contributed by atoms with Crippen molar-refractivity contribution in [3.8, 4) is 0 Å². The second kappa shape index (κ2) is 16.5. The van der Waals surface area contributed by atoms with Crippen LogP contribution < -0.4 is 21.3 Å². The van der Waals surface area contributed by atoms with Crippen molar-refractivity contribution in [2.45, 2.75) is 90.3 Å². The topological polar surface area (TPSA) is 191 Å². The average molecular weight is 473 g/mol. The summed E-state index contributed by atoms with van der Waals surface area (Å²) >= 11 is 0. The minimum Gasteiger partial charge on any atom is -0.481 e. The van der Waals surface area contributed by atoms with Gasteiger partial charge < -0.3 is 31.5 Å². The first-order chi connectivity index (χ1) is 15.5. The van der Waals surface area contributed by atoms with E-state index in [-0.39, 0.29) is 32.1 Å². The van der Waals surface area contributed by atoms with Crippen molar-refractivity contribution in [2.75, 3.05) is 6.54 Å². The lowest BCUT2D eigenvalue weighted by molar-refractivity contribution is -0.138. The fraction of sp³-hybridized carbons (Fsp3) is 0.714. The van der Waals surface area contributed by atoms with Gasteiger partial charge in [0, 0.05) is 26.3 Å². The van der Waals surface area contributed by atoms with E-state index in [1.165, 1.54) is 6.92 Å². The highest BCUT2D eigenvalue weighted by Crippen LogP contribution is 2.05. The molecule has 0 aromatic rings. The molecule has 0 radical (unpaired) electrons. The van der Waals surface area contributed by atoms with Gasteiger partial charge in [0.1, 0.15) is 18.1 Å². The van der Waals surface area contributed by atoms with E-state index in [1.807, 2.05) is 6.92 Å². The third-order valence-electron chi connectivity index (χ3n) is 4.66. The Hall–Kier alpha value is -3.18. The van der Waals surface area contributed by atoms with E-state index < -0.39 is 53.7 Å².